The molecule has 1 fully saturated rings. The highest BCUT2D eigenvalue weighted by Gasteiger charge is 2.23. The van der Waals surface area contributed by atoms with Gasteiger partial charge in [-0.15, -0.1) is 0 Å². The maximum atomic E-state index is 5.50. The molecule has 1 N–H and O–H groups in total. The first-order valence-electron chi connectivity index (χ1n) is 6.18. The highest BCUT2D eigenvalue weighted by atomic mass is 16.5. The van der Waals surface area contributed by atoms with Crippen LogP contribution in [0.3, 0.4) is 0 Å². The Bertz CT molecular complexity index is 186. The maximum absolute atomic E-state index is 5.50. The van der Waals surface area contributed by atoms with Gasteiger partial charge in [0, 0.05) is 25.7 Å². The van der Waals surface area contributed by atoms with E-state index in [-0.39, 0.29) is 5.54 Å². The minimum Gasteiger partial charge on any atom is -0.382 e. The summed E-state index contributed by atoms with van der Waals surface area (Å²) in [6.45, 7) is 11.1. The molecule has 0 unspecified atom stereocenters. The van der Waals surface area contributed by atoms with Crippen molar-refractivity contribution in [1.29, 1.82) is 0 Å². The predicted octanol–water partition coefficient (Wildman–Crippen LogP) is 0.723. The molecule has 0 aromatic rings. The first-order valence-corrected chi connectivity index (χ1v) is 6.18. The zero-order valence-corrected chi connectivity index (χ0v) is 10.9. The van der Waals surface area contributed by atoms with Crippen molar-refractivity contribution in [3.63, 3.8) is 0 Å². The number of methoxy groups -OCH3 is 1. The molecule has 0 spiro atoms. The van der Waals surface area contributed by atoms with Gasteiger partial charge in [0.05, 0.1) is 19.8 Å². The smallest absolute Gasteiger partial charge is 0.0700 e. The van der Waals surface area contributed by atoms with E-state index < -0.39 is 0 Å². The molecule has 0 amide bonds. The van der Waals surface area contributed by atoms with E-state index in [9.17, 15) is 0 Å². The third-order valence-electron chi connectivity index (χ3n) is 2.86. The maximum Gasteiger partial charge on any atom is 0.0700 e. The van der Waals surface area contributed by atoms with Gasteiger partial charge in [0.2, 0.25) is 0 Å². The molecule has 0 atom stereocenters. The molecule has 0 bridgehead atoms. The first kappa shape index (κ1) is 13.9. The van der Waals surface area contributed by atoms with Crippen molar-refractivity contribution < 1.29 is 9.47 Å². The molecule has 4 nitrogen and oxygen atoms in total. The third kappa shape index (κ3) is 5.80. The van der Waals surface area contributed by atoms with Crippen LogP contribution in [0.25, 0.3) is 0 Å². The van der Waals surface area contributed by atoms with E-state index in [2.05, 4.69) is 24.1 Å². The molecule has 16 heavy (non-hydrogen) atoms. The van der Waals surface area contributed by atoms with Crippen molar-refractivity contribution in [1.82, 2.24) is 10.2 Å². The van der Waals surface area contributed by atoms with E-state index in [0.717, 1.165) is 26.2 Å². The minimum absolute atomic E-state index is 0.225. The quantitative estimate of drug-likeness (QED) is 0.682. The average molecular weight is 230 g/mol. The van der Waals surface area contributed by atoms with E-state index in [1.54, 1.807) is 7.11 Å². The lowest BCUT2D eigenvalue weighted by atomic mass is 10.1. The molecule has 1 aliphatic rings. The van der Waals surface area contributed by atoms with Gasteiger partial charge in [-0.3, -0.25) is 4.90 Å². The standard InChI is InChI=1S/C12H26N2O2/c1-12(2)11-14(6-4-5-13-12)7-8-16-10-9-15-3/h13H,4-11H2,1-3H3. The van der Waals surface area contributed by atoms with Crippen LogP contribution >= 0.6 is 0 Å². The van der Waals surface area contributed by atoms with E-state index in [0.29, 0.717) is 13.2 Å². The van der Waals surface area contributed by atoms with E-state index >= 15 is 0 Å². The van der Waals surface area contributed by atoms with Crippen LogP contribution in [0, 0.1) is 0 Å². The van der Waals surface area contributed by atoms with Crippen molar-refractivity contribution in [3.8, 4) is 0 Å². The number of nitrogens with one attached hydrogen (secondary N) is 1. The van der Waals surface area contributed by atoms with Gasteiger partial charge >= 0.3 is 0 Å². The Morgan fingerprint density at radius 3 is 2.81 bits per heavy atom. The Morgan fingerprint density at radius 2 is 2.06 bits per heavy atom. The largest absolute Gasteiger partial charge is 0.382 e. The molecule has 0 aliphatic carbocycles. The summed E-state index contributed by atoms with van der Waals surface area (Å²) < 4.78 is 10.4. The van der Waals surface area contributed by atoms with Crippen molar-refractivity contribution >= 4 is 0 Å². The molecule has 1 saturated heterocycles. The van der Waals surface area contributed by atoms with E-state index in [1.165, 1.54) is 13.0 Å². The van der Waals surface area contributed by atoms with Gasteiger partial charge in [0.25, 0.3) is 0 Å². The highest BCUT2D eigenvalue weighted by molar-refractivity contribution is 4.84. The molecule has 1 aliphatic heterocycles. The lowest BCUT2D eigenvalue weighted by Gasteiger charge is -2.29. The second-order valence-electron chi connectivity index (χ2n) is 5.05. The van der Waals surface area contributed by atoms with E-state index in [1.807, 2.05) is 0 Å². The van der Waals surface area contributed by atoms with Crippen LogP contribution in [-0.2, 0) is 9.47 Å². The second kappa shape index (κ2) is 7.22. The predicted molar refractivity (Wildman–Crippen MR) is 65.8 cm³/mol. The number of nitrogens with zero attached hydrogens (tertiary/aromatic N) is 1. The summed E-state index contributed by atoms with van der Waals surface area (Å²) in [5, 5.41) is 3.56. The summed E-state index contributed by atoms with van der Waals surface area (Å²) in [5.74, 6) is 0. The topological polar surface area (TPSA) is 33.7 Å². The molecule has 0 radical (unpaired) electrons. The molecule has 96 valence electrons. The summed E-state index contributed by atoms with van der Waals surface area (Å²) in [6, 6.07) is 0. The van der Waals surface area contributed by atoms with Gasteiger partial charge in [0.1, 0.15) is 0 Å². The first-order chi connectivity index (χ1) is 7.64. The van der Waals surface area contributed by atoms with Crippen LogP contribution in [0.1, 0.15) is 20.3 Å². The van der Waals surface area contributed by atoms with Gasteiger partial charge in [-0.05, 0) is 33.4 Å². The van der Waals surface area contributed by atoms with Crippen LogP contribution in [-0.4, -0.2) is 63.5 Å². The Kier molecular flexibility index (Phi) is 6.28. The lowest BCUT2D eigenvalue weighted by Crippen LogP contribution is -2.47. The summed E-state index contributed by atoms with van der Waals surface area (Å²) >= 11 is 0. The fraction of sp³-hybridized carbons (Fsp3) is 1.00. The number of rotatable bonds is 6. The van der Waals surface area contributed by atoms with Crippen LogP contribution < -0.4 is 5.32 Å². The van der Waals surface area contributed by atoms with Crippen LogP contribution in [0.5, 0.6) is 0 Å². The Balaban J connectivity index is 2.14. The van der Waals surface area contributed by atoms with Crippen molar-refractivity contribution in [3.05, 3.63) is 0 Å². The second-order valence-corrected chi connectivity index (χ2v) is 5.05. The summed E-state index contributed by atoms with van der Waals surface area (Å²) in [6.07, 6.45) is 1.22. The monoisotopic (exact) mass is 230 g/mol. The zero-order chi connectivity index (χ0) is 11.9. The molecular weight excluding hydrogens is 204 g/mol. The van der Waals surface area contributed by atoms with Gasteiger partial charge < -0.3 is 14.8 Å². The molecular formula is C12H26N2O2. The molecule has 4 heteroatoms. The summed E-state index contributed by atoms with van der Waals surface area (Å²) in [5.41, 5.74) is 0.225. The highest BCUT2D eigenvalue weighted by Crippen LogP contribution is 2.09. The van der Waals surface area contributed by atoms with Crippen LogP contribution in [0.15, 0.2) is 0 Å². The Morgan fingerprint density at radius 1 is 1.25 bits per heavy atom. The normalized spacial score (nSPS) is 21.9. The number of hydrogen-bond acceptors (Lipinski definition) is 4. The van der Waals surface area contributed by atoms with Crippen LogP contribution in [0.2, 0.25) is 0 Å². The molecule has 1 heterocycles. The number of hydrogen-bond donors (Lipinski definition) is 1. The Labute approximate surface area is 99.3 Å². The van der Waals surface area contributed by atoms with Gasteiger partial charge in [-0.25, -0.2) is 0 Å². The molecule has 1 rings (SSSR count). The van der Waals surface area contributed by atoms with Crippen molar-refractivity contribution in [2.75, 3.05) is 53.1 Å². The summed E-state index contributed by atoms with van der Waals surface area (Å²) in [4.78, 5) is 2.48. The summed E-state index contributed by atoms with van der Waals surface area (Å²) in [7, 11) is 1.70. The fourth-order valence-corrected chi connectivity index (χ4v) is 2.05. The van der Waals surface area contributed by atoms with Gasteiger partial charge in [-0.1, -0.05) is 0 Å². The average Bonchev–Trinajstić information content (AvgIpc) is 2.39. The number of ether oxygens (including phenoxy) is 2. The van der Waals surface area contributed by atoms with Gasteiger partial charge in [-0.2, -0.15) is 0 Å². The van der Waals surface area contributed by atoms with Crippen molar-refractivity contribution in [2.24, 2.45) is 0 Å². The molecule has 0 aromatic carbocycles. The lowest BCUT2D eigenvalue weighted by molar-refractivity contribution is 0.0552. The third-order valence-corrected chi connectivity index (χ3v) is 2.86. The zero-order valence-electron chi connectivity index (χ0n) is 10.9. The molecule has 0 aromatic heterocycles. The van der Waals surface area contributed by atoms with E-state index in [4.69, 9.17) is 9.47 Å². The fourth-order valence-electron chi connectivity index (χ4n) is 2.05. The van der Waals surface area contributed by atoms with Gasteiger partial charge in [0.15, 0.2) is 0 Å². The SMILES string of the molecule is COCCOCCN1CCCNC(C)(C)C1. The van der Waals surface area contributed by atoms with Crippen molar-refractivity contribution in [2.45, 2.75) is 25.8 Å². The Hall–Kier alpha value is -0.160. The minimum atomic E-state index is 0.225. The molecule has 0 saturated carbocycles. The van der Waals surface area contributed by atoms with Crippen LogP contribution in [0.4, 0.5) is 0 Å².